The number of carbonyl (C=O) groups is 1. The molecule has 18 heavy (non-hydrogen) atoms. The van der Waals surface area contributed by atoms with E-state index in [1.165, 1.54) is 0 Å². The zero-order valence-electron chi connectivity index (χ0n) is 11.0. The predicted molar refractivity (Wildman–Crippen MR) is 69.9 cm³/mol. The molecule has 0 spiro atoms. The molecule has 4 heteroatoms. The second kappa shape index (κ2) is 7.13. The summed E-state index contributed by atoms with van der Waals surface area (Å²) in [7, 11) is 0. The maximum Gasteiger partial charge on any atom is 0.325 e. The Balaban J connectivity index is 2.45. The molecule has 0 bridgehead atoms. The highest BCUT2D eigenvalue weighted by Crippen LogP contribution is 2.14. The summed E-state index contributed by atoms with van der Waals surface area (Å²) >= 11 is 0. The van der Waals surface area contributed by atoms with Crippen LogP contribution in [0.25, 0.3) is 0 Å². The lowest BCUT2D eigenvalue weighted by Crippen LogP contribution is -2.49. The van der Waals surface area contributed by atoms with E-state index in [4.69, 9.17) is 4.84 Å². The first-order valence-corrected chi connectivity index (χ1v) is 6.25. The number of hydrogen-bond donors (Lipinski definition) is 2. The minimum absolute atomic E-state index is 0.357. The van der Waals surface area contributed by atoms with Gasteiger partial charge in [0.05, 0.1) is 6.61 Å². The van der Waals surface area contributed by atoms with Gasteiger partial charge in [-0.2, -0.15) is 5.48 Å². The largest absolute Gasteiger partial charge is 0.480 e. The van der Waals surface area contributed by atoms with Crippen molar-refractivity contribution in [3.8, 4) is 0 Å². The molecule has 0 heterocycles. The van der Waals surface area contributed by atoms with Gasteiger partial charge in [-0.15, -0.1) is 0 Å². The van der Waals surface area contributed by atoms with Gasteiger partial charge in [0.2, 0.25) is 0 Å². The van der Waals surface area contributed by atoms with E-state index in [0.29, 0.717) is 13.0 Å². The van der Waals surface area contributed by atoms with E-state index in [1.54, 1.807) is 6.92 Å². The van der Waals surface area contributed by atoms with E-state index in [0.717, 1.165) is 18.4 Å². The SMILES string of the molecule is CCCCC(C)(NOCc1ccccc1)C(=O)O. The number of nitrogens with one attached hydrogen (secondary N) is 1. The number of carboxylic acid groups (broad SMARTS) is 1. The van der Waals surface area contributed by atoms with E-state index in [-0.39, 0.29) is 0 Å². The van der Waals surface area contributed by atoms with Crippen molar-refractivity contribution < 1.29 is 14.7 Å². The molecule has 1 aromatic rings. The number of benzene rings is 1. The van der Waals surface area contributed by atoms with Crippen molar-refractivity contribution in [1.29, 1.82) is 0 Å². The average molecular weight is 251 g/mol. The van der Waals surface area contributed by atoms with Crippen LogP contribution < -0.4 is 5.48 Å². The van der Waals surface area contributed by atoms with Crippen LogP contribution in [0.4, 0.5) is 0 Å². The Hall–Kier alpha value is -1.39. The number of hydroxylamine groups is 1. The van der Waals surface area contributed by atoms with Gasteiger partial charge < -0.3 is 5.11 Å². The van der Waals surface area contributed by atoms with Crippen LogP contribution in [0.5, 0.6) is 0 Å². The Morgan fingerprint density at radius 3 is 2.61 bits per heavy atom. The minimum Gasteiger partial charge on any atom is -0.480 e. The van der Waals surface area contributed by atoms with Crippen molar-refractivity contribution in [1.82, 2.24) is 5.48 Å². The summed E-state index contributed by atoms with van der Waals surface area (Å²) in [6.45, 7) is 4.04. The maximum atomic E-state index is 11.2. The molecule has 4 nitrogen and oxygen atoms in total. The molecule has 1 aromatic carbocycles. The van der Waals surface area contributed by atoms with Gasteiger partial charge in [0.25, 0.3) is 0 Å². The molecule has 0 saturated carbocycles. The number of unbranched alkanes of at least 4 members (excludes halogenated alkanes) is 1. The number of rotatable bonds is 8. The molecule has 1 atom stereocenters. The van der Waals surface area contributed by atoms with E-state index in [2.05, 4.69) is 5.48 Å². The highest BCUT2D eigenvalue weighted by atomic mass is 16.6. The lowest BCUT2D eigenvalue weighted by atomic mass is 9.96. The second-order valence-electron chi connectivity index (χ2n) is 4.62. The average Bonchev–Trinajstić information content (AvgIpc) is 2.37. The van der Waals surface area contributed by atoms with Gasteiger partial charge in [-0.05, 0) is 18.9 Å². The van der Waals surface area contributed by atoms with Crippen molar-refractivity contribution in [2.75, 3.05) is 0 Å². The molecule has 2 N–H and O–H groups in total. The van der Waals surface area contributed by atoms with Crippen LogP contribution in [0.3, 0.4) is 0 Å². The highest BCUT2D eigenvalue weighted by molar-refractivity contribution is 5.77. The summed E-state index contributed by atoms with van der Waals surface area (Å²) < 4.78 is 0. The van der Waals surface area contributed by atoms with Crippen molar-refractivity contribution in [2.24, 2.45) is 0 Å². The quantitative estimate of drug-likeness (QED) is 0.697. The standard InChI is InChI=1S/C14H21NO3/c1-3-4-10-14(2,13(16)17)15-18-11-12-8-6-5-7-9-12/h5-9,15H,3-4,10-11H2,1-2H3,(H,16,17). The summed E-state index contributed by atoms with van der Waals surface area (Å²) in [4.78, 5) is 16.5. The van der Waals surface area contributed by atoms with Crippen LogP contribution in [0, 0.1) is 0 Å². The Labute approximate surface area is 108 Å². The van der Waals surface area contributed by atoms with Crippen LogP contribution in [0.15, 0.2) is 30.3 Å². The van der Waals surface area contributed by atoms with Gasteiger partial charge in [-0.25, -0.2) is 0 Å². The molecule has 1 unspecified atom stereocenters. The normalized spacial score (nSPS) is 14.1. The van der Waals surface area contributed by atoms with Crippen LogP contribution in [-0.2, 0) is 16.2 Å². The molecule has 0 aromatic heterocycles. The van der Waals surface area contributed by atoms with Crippen LogP contribution >= 0.6 is 0 Å². The Morgan fingerprint density at radius 2 is 2.06 bits per heavy atom. The van der Waals surface area contributed by atoms with Gasteiger partial charge in [0.1, 0.15) is 5.54 Å². The smallest absolute Gasteiger partial charge is 0.325 e. The Kier molecular flexibility index (Phi) is 5.82. The van der Waals surface area contributed by atoms with Gasteiger partial charge in [-0.3, -0.25) is 9.63 Å². The third kappa shape index (κ3) is 4.47. The van der Waals surface area contributed by atoms with Gasteiger partial charge in [-0.1, -0.05) is 50.1 Å². The van der Waals surface area contributed by atoms with E-state index in [9.17, 15) is 9.90 Å². The third-order valence-electron chi connectivity index (χ3n) is 2.88. The lowest BCUT2D eigenvalue weighted by molar-refractivity contribution is -0.153. The fourth-order valence-corrected chi connectivity index (χ4v) is 1.58. The Bertz CT molecular complexity index is 367. The summed E-state index contributed by atoms with van der Waals surface area (Å²) in [5.74, 6) is -0.885. The molecular weight excluding hydrogens is 230 g/mol. The number of carboxylic acids is 1. The lowest BCUT2D eigenvalue weighted by Gasteiger charge is -2.25. The maximum absolute atomic E-state index is 11.2. The summed E-state index contributed by atoms with van der Waals surface area (Å²) in [5.41, 5.74) is 2.66. The van der Waals surface area contributed by atoms with Crippen LogP contribution in [0.2, 0.25) is 0 Å². The molecule has 0 fully saturated rings. The van der Waals surface area contributed by atoms with E-state index >= 15 is 0 Å². The van der Waals surface area contributed by atoms with Crippen molar-refractivity contribution >= 4 is 5.97 Å². The summed E-state index contributed by atoms with van der Waals surface area (Å²) in [5, 5.41) is 9.21. The monoisotopic (exact) mass is 251 g/mol. The van der Waals surface area contributed by atoms with Gasteiger partial charge in [0.15, 0.2) is 0 Å². The number of hydrogen-bond acceptors (Lipinski definition) is 3. The summed E-state index contributed by atoms with van der Waals surface area (Å²) in [6.07, 6.45) is 2.36. The van der Waals surface area contributed by atoms with Crippen LogP contribution in [-0.4, -0.2) is 16.6 Å². The molecule has 0 aliphatic heterocycles. The fourth-order valence-electron chi connectivity index (χ4n) is 1.58. The van der Waals surface area contributed by atoms with Gasteiger partial charge >= 0.3 is 5.97 Å². The molecule has 0 aliphatic carbocycles. The molecule has 0 radical (unpaired) electrons. The summed E-state index contributed by atoms with van der Waals surface area (Å²) in [6, 6.07) is 9.65. The molecule has 0 aliphatic rings. The van der Waals surface area contributed by atoms with E-state index in [1.807, 2.05) is 37.3 Å². The Morgan fingerprint density at radius 1 is 1.39 bits per heavy atom. The molecule has 100 valence electrons. The van der Waals surface area contributed by atoms with E-state index < -0.39 is 11.5 Å². The third-order valence-corrected chi connectivity index (χ3v) is 2.88. The second-order valence-corrected chi connectivity index (χ2v) is 4.62. The van der Waals surface area contributed by atoms with Crippen LogP contribution in [0.1, 0.15) is 38.7 Å². The molecular formula is C14H21NO3. The van der Waals surface area contributed by atoms with Crippen molar-refractivity contribution in [2.45, 2.75) is 45.3 Å². The minimum atomic E-state index is -1.02. The van der Waals surface area contributed by atoms with Crippen molar-refractivity contribution in [3.05, 3.63) is 35.9 Å². The topological polar surface area (TPSA) is 58.6 Å². The number of aliphatic carboxylic acids is 1. The van der Waals surface area contributed by atoms with Gasteiger partial charge in [0, 0.05) is 0 Å². The molecule has 0 amide bonds. The van der Waals surface area contributed by atoms with Crippen molar-refractivity contribution in [3.63, 3.8) is 0 Å². The molecule has 1 rings (SSSR count). The zero-order valence-corrected chi connectivity index (χ0v) is 11.0. The first-order chi connectivity index (χ1) is 8.58. The first-order valence-electron chi connectivity index (χ1n) is 6.25. The highest BCUT2D eigenvalue weighted by Gasteiger charge is 2.32. The first kappa shape index (κ1) is 14.7. The zero-order chi connectivity index (χ0) is 13.4. The predicted octanol–water partition coefficient (Wildman–Crippen LogP) is 2.74. The molecule has 0 saturated heterocycles. The fraction of sp³-hybridized carbons (Fsp3) is 0.500.